The standard InChI is InChI=1S/C17H30N4O4/c1-7-24-15(22)14-12(9-20-21-14)8-18-13(11(2)3)10-19-16(23)25-17(4,5)6/h9,11,13,18H,7-8,10H2,1-6H3,(H,19,23)(H,20,21). The normalized spacial score (nSPS) is 12.8. The van der Waals surface area contributed by atoms with E-state index in [9.17, 15) is 9.59 Å². The second-order valence-electron chi connectivity index (χ2n) is 7.10. The molecule has 8 nitrogen and oxygen atoms in total. The maximum Gasteiger partial charge on any atom is 0.407 e. The molecule has 1 amide bonds. The smallest absolute Gasteiger partial charge is 0.407 e. The third-order valence-electron chi connectivity index (χ3n) is 3.42. The largest absolute Gasteiger partial charge is 0.461 e. The molecule has 142 valence electrons. The maximum atomic E-state index is 11.9. The number of aromatic amines is 1. The Kier molecular flexibility index (Phi) is 7.89. The monoisotopic (exact) mass is 354 g/mol. The van der Waals surface area contributed by atoms with Gasteiger partial charge >= 0.3 is 12.1 Å². The van der Waals surface area contributed by atoms with Crippen molar-refractivity contribution in [2.24, 2.45) is 5.92 Å². The zero-order chi connectivity index (χ0) is 19.0. The highest BCUT2D eigenvalue weighted by Crippen LogP contribution is 2.10. The molecule has 1 rings (SSSR count). The minimum absolute atomic E-state index is 0.0115. The number of carbonyl (C=O) groups excluding carboxylic acids is 2. The van der Waals surface area contributed by atoms with Gasteiger partial charge in [-0.1, -0.05) is 13.8 Å². The molecule has 0 bridgehead atoms. The van der Waals surface area contributed by atoms with Crippen molar-refractivity contribution in [2.75, 3.05) is 13.2 Å². The Labute approximate surface area is 149 Å². The molecule has 1 unspecified atom stereocenters. The van der Waals surface area contributed by atoms with E-state index in [-0.39, 0.29) is 12.0 Å². The third kappa shape index (κ3) is 7.55. The van der Waals surface area contributed by atoms with Crippen LogP contribution in [0.4, 0.5) is 4.79 Å². The van der Waals surface area contributed by atoms with E-state index in [0.717, 1.165) is 5.56 Å². The van der Waals surface area contributed by atoms with Crippen LogP contribution < -0.4 is 10.6 Å². The van der Waals surface area contributed by atoms with Crippen LogP contribution in [-0.4, -0.2) is 47.1 Å². The van der Waals surface area contributed by atoms with Crippen molar-refractivity contribution >= 4 is 12.1 Å². The zero-order valence-corrected chi connectivity index (χ0v) is 15.9. The number of nitrogens with zero attached hydrogens (tertiary/aromatic N) is 1. The van der Waals surface area contributed by atoms with Gasteiger partial charge in [-0.3, -0.25) is 5.10 Å². The summed E-state index contributed by atoms with van der Waals surface area (Å²) in [6, 6.07) is 0.0115. The van der Waals surface area contributed by atoms with Gasteiger partial charge in [-0.05, 0) is 33.6 Å². The first-order chi connectivity index (χ1) is 11.6. The Hall–Kier alpha value is -2.09. The van der Waals surface area contributed by atoms with E-state index >= 15 is 0 Å². The highest BCUT2D eigenvalue weighted by molar-refractivity contribution is 5.88. The molecule has 0 saturated heterocycles. The number of esters is 1. The Balaban J connectivity index is 2.58. The fraction of sp³-hybridized carbons (Fsp3) is 0.706. The summed E-state index contributed by atoms with van der Waals surface area (Å²) in [4.78, 5) is 23.7. The van der Waals surface area contributed by atoms with Crippen LogP contribution >= 0.6 is 0 Å². The second kappa shape index (κ2) is 9.41. The summed E-state index contributed by atoms with van der Waals surface area (Å²) in [5.74, 6) is -0.155. The van der Waals surface area contributed by atoms with Crippen molar-refractivity contribution in [3.63, 3.8) is 0 Å². The zero-order valence-electron chi connectivity index (χ0n) is 15.9. The fourth-order valence-corrected chi connectivity index (χ4v) is 2.12. The number of nitrogens with one attached hydrogen (secondary N) is 3. The molecule has 0 spiro atoms. The van der Waals surface area contributed by atoms with E-state index in [1.165, 1.54) is 0 Å². The van der Waals surface area contributed by atoms with Gasteiger partial charge in [0.15, 0.2) is 0 Å². The van der Waals surface area contributed by atoms with E-state index in [1.807, 2.05) is 20.8 Å². The van der Waals surface area contributed by atoms with E-state index < -0.39 is 17.7 Å². The van der Waals surface area contributed by atoms with Gasteiger partial charge in [0.2, 0.25) is 0 Å². The van der Waals surface area contributed by atoms with Crippen LogP contribution in [0.5, 0.6) is 0 Å². The Morgan fingerprint density at radius 3 is 2.56 bits per heavy atom. The molecule has 1 aromatic rings. The average molecular weight is 354 g/mol. The molecule has 25 heavy (non-hydrogen) atoms. The molecule has 0 radical (unpaired) electrons. The maximum absolute atomic E-state index is 11.9. The molecule has 0 aliphatic rings. The summed E-state index contributed by atoms with van der Waals surface area (Å²) in [6.45, 7) is 12.5. The lowest BCUT2D eigenvalue weighted by atomic mass is 10.0. The van der Waals surface area contributed by atoms with E-state index in [0.29, 0.717) is 25.4 Å². The third-order valence-corrected chi connectivity index (χ3v) is 3.42. The van der Waals surface area contributed by atoms with Crippen molar-refractivity contribution in [2.45, 2.75) is 59.7 Å². The van der Waals surface area contributed by atoms with Crippen LogP contribution in [0.1, 0.15) is 57.6 Å². The van der Waals surface area contributed by atoms with Gasteiger partial charge in [0, 0.05) is 24.7 Å². The SMILES string of the molecule is CCOC(=O)c1[nH]ncc1CNC(CNC(=O)OC(C)(C)C)C(C)C. The fourth-order valence-electron chi connectivity index (χ4n) is 2.12. The van der Waals surface area contributed by atoms with Crippen LogP contribution in [0, 0.1) is 5.92 Å². The van der Waals surface area contributed by atoms with Crippen LogP contribution in [0.2, 0.25) is 0 Å². The molecule has 0 fully saturated rings. The Morgan fingerprint density at radius 1 is 1.32 bits per heavy atom. The minimum atomic E-state index is -0.532. The minimum Gasteiger partial charge on any atom is -0.461 e. The summed E-state index contributed by atoms with van der Waals surface area (Å²) in [7, 11) is 0. The van der Waals surface area contributed by atoms with Crippen LogP contribution in [-0.2, 0) is 16.0 Å². The van der Waals surface area contributed by atoms with Crippen LogP contribution in [0.3, 0.4) is 0 Å². The van der Waals surface area contributed by atoms with E-state index in [4.69, 9.17) is 9.47 Å². The molecule has 0 aliphatic carbocycles. The van der Waals surface area contributed by atoms with Gasteiger partial charge < -0.3 is 20.1 Å². The average Bonchev–Trinajstić information content (AvgIpc) is 2.93. The molecule has 0 aromatic carbocycles. The highest BCUT2D eigenvalue weighted by atomic mass is 16.6. The molecule has 0 aliphatic heterocycles. The quantitative estimate of drug-likeness (QED) is 0.618. The molecule has 8 heteroatoms. The number of aromatic nitrogens is 2. The number of ether oxygens (including phenoxy) is 2. The van der Waals surface area contributed by atoms with Crippen molar-refractivity contribution in [1.82, 2.24) is 20.8 Å². The van der Waals surface area contributed by atoms with Gasteiger partial charge in [0.1, 0.15) is 11.3 Å². The first-order valence-corrected chi connectivity index (χ1v) is 8.53. The van der Waals surface area contributed by atoms with Gasteiger partial charge in [0.05, 0.1) is 12.8 Å². The predicted octanol–water partition coefficient (Wildman–Crippen LogP) is 2.23. The summed E-state index contributed by atoms with van der Waals surface area (Å²) in [5, 5.41) is 12.7. The highest BCUT2D eigenvalue weighted by Gasteiger charge is 2.20. The number of carbonyl (C=O) groups is 2. The Bertz CT molecular complexity index is 563. The number of alkyl carbamates (subject to hydrolysis) is 1. The number of H-pyrrole nitrogens is 1. The first kappa shape index (κ1) is 21.0. The van der Waals surface area contributed by atoms with Gasteiger partial charge in [-0.25, -0.2) is 9.59 Å². The lowest BCUT2D eigenvalue weighted by Gasteiger charge is -2.24. The number of rotatable bonds is 8. The van der Waals surface area contributed by atoms with Gasteiger partial charge in [-0.2, -0.15) is 5.10 Å². The molecular weight excluding hydrogens is 324 g/mol. The van der Waals surface area contributed by atoms with Gasteiger partial charge in [0.25, 0.3) is 0 Å². The second-order valence-corrected chi connectivity index (χ2v) is 7.10. The van der Waals surface area contributed by atoms with Crippen molar-refractivity contribution in [1.29, 1.82) is 0 Å². The summed E-state index contributed by atoms with van der Waals surface area (Å²) >= 11 is 0. The van der Waals surface area contributed by atoms with E-state index in [1.54, 1.807) is 13.1 Å². The molecule has 1 atom stereocenters. The molecule has 1 heterocycles. The van der Waals surface area contributed by atoms with Crippen LogP contribution in [0.25, 0.3) is 0 Å². The lowest BCUT2D eigenvalue weighted by molar-refractivity contribution is 0.0510. The van der Waals surface area contributed by atoms with Crippen molar-refractivity contribution in [3.8, 4) is 0 Å². The molecular formula is C17H30N4O4. The predicted molar refractivity (Wildman–Crippen MR) is 94.2 cm³/mol. The number of hydrogen-bond acceptors (Lipinski definition) is 6. The molecule has 1 aromatic heterocycles. The summed E-state index contributed by atoms with van der Waals surface area (Å²) in [6.07, 6.45) is 1.15. The topological polar surface area (TPSA) is 105 Å². The Morgan fingerprint density at radius 2 is 2.00 bits per heavy atom. The first-order valence-electron chi connectivity index (χ1n) is 8.53. The van der Waals surface area contributed by atoms with Crippen molar-refractivity contribution < 1.29 is 19.1 Å². The van der Waals surface area contributed by atoms with Crippen molar-refractivity contribution in [3.05, 3.63) is 17.5 Å². The number of amides is 1. The lowest BCUT2D eigenvalue weighted by Crippen LogP contribution is -2.45. The molecule has 3 N–H and O–H groups in total. The number of hydrogen-bond donors (Lipinski definition) is 3. The summed E-state index contributed by atoms with van der Waals surface area (Å²) < 4.78 is 10.2. The van der Waals surface area contributed by atoms with Crippen LogP contribution in [0.15, 0.2) is 6.20 Å². The summed E-state index contributed by atoms with van der Waals surface area (Å²) in [5.41, 5.74) is 0.536. The van der Waals surface area contributed by atoms with Gasteiger partial charge in [-0.15, -0.1) is 0 Å². The van der Waals surface area contributed by atoms with E-state index in [2.05, 4.69) is 34.7 Å². The molecule has 0 saturated carbocycles.